The van der Waals surface area contributed by atoms with Gasteiger partial charge in [-0.3, -0.25) is 0 Å². The molecule has 3 N–H and O–H groups in total. The van der Waals surface area contributed by atoms with Crippen LogP contribution in [-0.2, 0) is 11.3 Å². The summed E-state index contributed by atoms with van der Waals surface area (Å²) < 4.78 is 5.37. The SMILES string of the molecule is Cc1ccc(CN)c(N2CCOCC2CO)n1. The van der Waals surface area contributed by atoms with Crippen LogP contribution in [0.15, 0.2) is 12.1 Å². The van der Waals surface area contributed by atoms with Crippen molar-refractivity contribution in [2.24, 2.45) is 5.73 Å². The minimum atomic E-state index is -0.0247. The Morgan fingerprint density at radius 3 is 3.12 bits per heavy atom. The lowest BCUT2D eigenvalue weighted by atomic mass is 10.1. The van der Waals surface area contributed by atoms with E-state index in [0.717, 1.165) is 23.6 Å². The van der Waals surface area contributed by atoms with E-state index in [1.807, 2.05) is 19.1 Å². The number of pyridine rings is 1. The van der Waals surface area contributed by atoms with E-state index < -0.39 is 0 Å². The number of anilines is 1. The van der Waals surface area contributed by atoms with Gasteiger partial charge in [0.05, 0.1) is 25.9 Å². The first-order valence-electron chi connectivity index (χ1n) is 5.88. The summed E-state index contributed by atoms with van der Waals surface area (Å²) in [6, 6.07) is 3.94. The quantitative estimate of drug-likeness (QED) is 0.777. The number of nitrogens with zero attached hydrogens (tertiary/aromatic N) is 2. The predicted octanol–water partition coefficient (Wildman–Crippen LogP) is 0.0462. The van der Waals surface area contributed by atoms with Gasteiger partial charge in [-0.2, -0.15) is 0 Å². The van der Waals surface area contributed by atoms with Gasteiger partial charge in [-0.05, 0) is 13.0 Å². The first-order chi connectivity index (χ1) is 8.26. The molecule has 0 aromatic carbocycles. The number of aliphatic hydroxyl groups excluding tert-OH is 1. The number of aliphatic hydroxyl groups is 1. The van der Waals surface area contributed by atoms with E-state index in [9.17, 15) is 5.11 Å². The second kappa shape index (κ2) is 5.44. The molecule has 0 amide bonds. The van der Waals surface area contributed by atoms with Crippen LogP contribution in [0.25, 0.3) is 0 Å². The van der Waals surface area contributed by atoms with Gasteiger partial charge < -0.3 is 20.5 Å². The lowest BCUT2D eigenvalue weighted by Crippen LogP contribution is -2.48. The topological polar surface area (TPSA) is 71.6 Å². The molecule has 0 radical (unpaired) electrons. The van der Waals surface area contributed by atoms with Gasteiger partial charge in [-0.1, -0.05) is 6.07 Å². The number of morpholine rings is 1. The third-order valence-corrected chi connectivity index (χ3v) is 3.03. The number of ether oxygens (including phenoxy) is 1. The summed E-state index contributed by atoms with van der Waals surface area (Å²) >= 11 is 0. The van der Waals surface area contributed by atoms with E-state index in [1.165, 1.54) is 0 Å². The summed E-state index contributed by atoms with van der Waals surface area (Å²) in [6.07, 6.45) is 0. The highest BCUT2D eigenvalue weighted by Crippen LogP contribution is 2.22. The second-order valence-corrected chi connectivity index (χ2v) is 4.24. The minimum absolute atomic E-state index is 0.0247. The van der Waals surface area contributed by atoms with E-state index in [1.54, 1.807) is 0 Å². The molecule has 0 bridgehead atoms. The molecule has 2 heterocycles. The first-order valence-corrected chi connectivity index (χ1v) is 5.88. The molecule has 1 atom stereocenters. The molecule has 1 aliphatic rings. The highest BCUT2D eigenvalue weighted by molar-refractivity contribution is 5.49. The van der Waals surface area contributed by atoms with E-state index in [4.69, 9.17) is 10.5 Å². The van der Waals surface area contributed by atoms with Crippen molar-refractivity contribution < 1.29 is 9.84 Å². The standard InChI is InChI=1S/C12H19N3O2/c1-9-2-3-10(6-13)12(14-9)15-4-5-17-8-11(15)7-16/h2-3,11,16H,4-8,13H2,1H3. The molecule has 1 aromatic heterocycles. The molecule has 1 unspecified atom stereocenters. The van der Waals surface area contributed by atoms with Crippen molar-refractivity contribution in [1.82, 2.24) is 4.98 Å². The third kappa shape index (κ3) is 2.57. The van der Waals surface area contributed by atoms with Crippen LogP contribution in [-0.4, -0.2) is 42.5 Å². The monoisotopic (exact) mass is 237 g/mol. The maximum absolute atomic E-state index is 9.37. The van der Waals surface area contributed by atoms with Crippen molar-refractivity contribution in [3.8, 4) is 0 Å². The smallest absolute Gasteiger partial charge is 0.133 e. The molecule has 17 heavy (non-hydrogen) atoms. The van der Waals surface area contributed by atoms with Crippen molar-refractivity contribution in [3.63, 3.8) is 0 Å². The van der Waals surface area contributed by atoms with Crippen LogP contribution >= 0.6 is 0 Å². The highest BCUT2D eigenvalue weighted by Gasteiger charge is 2.25. The first kappa shape index (κ1) is 12.3. The Morgan fingerprint density at radius 2 is 2.41 bits per heavy atom. The van der Waals surface area contributed by atoms with Crippen LogP contribution in [0, 0.1) is 6.92 Å². The lowest BCUT2D eigenvalue weighted by Gasteiger charge is -2.36. The fraction of sp³-hybridized carbons (Fsp3) is 0.583. The molecular formula is C12H19N3O2. The summed E-state index contributed by atoms with van der Waals surface area (Å²) in [6.45, 7) is 4.43. The molecule has 94 valence electrons. The van der Waals surface area contributed by atoms with Crippen LogP contribution in [0.5, 0.6) is 0 Å². The maximum Gasteiger partial charge on any atom is 0.133 e. The maximum atomic E-state index is 9.37. The fourth-order valence-electron chi connectivity index (χ4n) is 2.06. The van der Waals surface area contributed by atoms with Crippen molar-refractivity contribution in [2.45, 2.75) is 19.5 Å². The van der Waals surface area contributed by atoms with E-state index in [2.05, 4.69) is 9.88 Å². The number of rotatable bonds is 3. The highest BCUT2D eigenvalue weighted by atomic mass is 16.5. The van der Waals surface area contributed by atoms with Crippen LogP contribution in [0.1, 0.15) is 11.3 Å². The Kier molecular flexibility index (Phi) is 3.93. The summed E-state index contributed by atoms with van der Waals surface area (Å²) in [5, 5.41) is 9.37. The van der Waals surface area contributed by atoms with Gasteiger partial charge >= 0.3 is 0 Å². The van der Waals surface area contributed by atoms with Gasteiger partial charge in [-0.15, -0.1) is 0 Å². The number of aryl methyl sites for hydroxylation is 1. The van der Waals surface area contributed by atoms with E-state index in [-0.39, 0.29) is 12.6 Å². The predicted molar refractivity (Wildman–Crippen MR) is 65.9 cm³/mol. The summed E-state index contributed by atoms with van der Waals surface area (Å²) in [4.78, 5) is 6.64. The van der Waals surface area contributed by atoms with Gasteiger partial charge in [-0.25, -0.2) is 4.98 Å². The number of hydrogen-bond donors (Lipinski definition) is 2. The van der Waals surface area contributed by atoms with Crippen molar-refractivity contribution in [3.05, 3.63) is 23.4 Å². The summed E-state index contributed by atoms with van der Waals surface area (Å²) in [5.41, 5.74) is 7.70. The summed E-state index contributed by atoms with van der Waals surface area (Å²) in [5.74, 6) is 0.884. The van der Waals surface area contributed by atoms with Crippen molar-refractivity contribution in [1.29, 1.82) is 0 Å². The fourth-order valence-corrected chi connectivity index (χ4v) is 2.06. The Balaban J connectivity index is 2.33. The largest absolute Gasteiger partial charge is 0.394 e. The normalized spacial score (nSPS) is 20.6. The molecule has 0 saturated carbocycles. The molecule has 1 fully saturated rings. The van der Waals surface area contributed by atoms with Crippen LogP contribution in [0.4, 0.5) is 5.82 Å². The van der Waals surface area contributed by atoms with Gasteiger partial charge in [0.15, 0.2) is 0 Å². The van der Waals surface area contributed by atoms with E-state index in [0.29, 0.717) is 19.8 Å². The Hall–Kier alpha value is -1.17. The molecule has 1 aliphatic heterocycles. The molecule has 1 aromatic rings. The second-order valence-electron chi connectivity index (χ2n) is 4.24. The molecule has 1 saturated heterocycles. The zero-order valence-electron chi connectivity index (χ0n) is 10.1. The zero-order chi connectivity index (χ0) is 12.3. The van der Waals surface area contributed by atoms with Gasteiger partial charge in [0.2, 0.25) is 0 Å². The Morgan fingerprint density at radius 1 is 1.59 bits per heavy atom. The third-order valence-electron chi connectivity index (χ3n) is 3.03. The molecule has 2 rings (SSSR count). The Labute approximate surface area is 101 Å². The molecular weight excluding hydrogens is 218 g/mol. The van der Waals surface area contributed by atoms with Crippen LogP contribution in [0.3, 0.4) is 0 Å². The number of aromatic nitrogens is 1. The lowest BCUT2D eigenvalue weighted by molar-refractivity contribution is 0.0722. The van der Waals surface area contributed by atoms with Crippen LogP contribution in [0.2, 0.25) is 0 Å². The Bertz CT molecular complexity index is 384. The van der Waals surface area contributed by atoms with E-state index >= 15 is 0 Å². The molecule has 5 nitrogen and oxygen atoms in total. The van der Waals surface area contributed by atoms with Gasteiger partial charge in [0.1, 0.15) is 5.82 Å². The van der Waals surface area contributed by atoms with Gasteiger partial charge in [0.25, 0.3) is 0 Å². The zero-order valence-corrected chi connectivity index (χ0v) is 10.1. The number of hydrogen-bond acceptors (Lipinski definition) is 5. The summed E-state index contributed by atoms with van der Waals surface area (Å²) in [7, 11) is 0. The van der Waals surface area contributed by atoms with Crippen molar-refractivity contribution in [2.75, 3.05) is 31.3 Å². The number of nitrogens with two attached hydrogens (primary N) is 1. The van der Waals surface area contributed by atoms with Crippen molar-refractivity contribution >= 4 is 5.82 Å². The average Bonchev–Trinajstić information content (AvgIpc) is 2.38. The average molecular weight is 237 g/mol. The molecule has 0 aliphatic carbocycles. The minimum Gasteiger partial charge on any atom is -0.394 e. The molecule has 5 heteroatoms. The van der Waals surface area contributed by atoms with Gasteiger partial charge in [0, 0.05) is 24.3 Å². The van der Waals surface area contributed by atoms with Crippen LogP contribution < -0.4 is 10.6 Å². The molecule has 0 spiro atoms.